The summed E-state index contributed by atoms with van der Waals surface area (Å²) in [5, 5.41) is 14.5. The number of H-pyrrole nitrogens is 2. The summed E-state index contributed by atoms with van der Waals surface area (Å²) >= 11 is 0. The average Bonchev–Trinajstić information content (AvgIpc) is 3.20. The molecule has 0 saturated carbocycles. The lowest BCUT2D eigenvalue weighted by Crippen LogP contribution is -2.14. The van der Waals surface area contributed by atoms with E-state index in [2.05, 4.69) is 35.6 Å². The third-order valence-corrected chi connectivity index (χ3v) is 3.50. The van der Waals surface area contributed by atoms with Gasteiger partial charge in [0.25, 0.3) is 5.56 Å². The Labute approximate surface area is 135 Å². The number of aryl methyl sites for hydroxylation is 1. The molecule has 3 N–H and O–H groups in total. The van der Waals surface area contributed by atoms with Crippen LogP contribution in [0, 0.1) is 6.92 Å². The van der Waals surface area contributed by atoms with E-state index >= 15 is 0 Å². The Morgan fingerprint density at radius 1 is 1.21 bits per heavy atom. The van der Waals surface area contributed by atoms with Crippen molar-refractivity contribution in [2.24, 2.45) is 0 Å². The van der Waals surface area contributed by atoms with Gasteiger partial charge in [-0.15, -0.1) is 0 Å². The van der Waals surface area contributed by atoms with E-state index in [-0.39, 0.29) is 5.56 Å². The minimum Gasteiger partial charge on any atom is -0.348 e. The normalized spacial score (nSPS) is 11.0. The molecule has 0 amide bonds. The first-order valence-corrected chi connectivity index (χ1v) is 7.36. The molecule has 9 nitrogen and oxygen atoms in total. The molecule has 24 heavy (non-hydrogen) atoms. The summed E-state index contributed by atoms with van der Waals surface area (Å²) in [6.45, 7) is 2.17. The smallest absolute Gasteiger partial charge is 0.263 e. The molecule has 0 bridgehead atoms. The predicted octanol–water partition coefficient (Wildman–Crippen LogP) is 1.15. The van der Waals surface area contributed by atoms with Gasteiger partial charge in [-0.3, -0.25) is 14.9 Å². The highest BCUT2D eigenvalue weighted by molar-refractivity contribution is 5.76. The van der Waals surface area contributed by atoms with Crippen molar-refractivity contribution in [3.63, 3.8) is 0 Å². The van der Waals surface area contributed by atoms with Crippen LogP contribution >= 0.6 is 0 Å². The van der Waals surface area contributed by atoms with Crippen LogP contribution in [0.2, 0.25) is 0 Å². The third-order valence-electron chi connectivity index (χ3n) is 3.50. The lowest BCUT2D eigenvalue weighted by Gasteiger charge is -2.05. The molecule has 0 aliphatic heterocycles. The van der Waals surface area contributed by atoms with E-state index < -0.39 is 0 Å². The van der Waals surface area contributed by atoms with Crippen molar-refractivity contribution in [3.8, 4) is 5.69 Å². The van der Waals surface area contributed by atoms with Gasteiger partial charge in [0.05, 0.1) is 18.4 Å². The molecule has 9 heteroatoms. The summed E-state index contributed by atoms with van der Waals surface area (Å²) < 4.78 is 1.63. The largest absolute Gasteiger partial charge is 0.348 e. The predicted molar refractivity (Wildman–Crippen MR) is 87.9 cm³/mol. The van der Waals surface area contributed by atoms with Gasteiger partial charge in [0.15, 0.2) is 11.5 Å². The number of fused-ring (bicyclic) bond motifs is 1. The van der Waals surface area contributed by atoms with Crippen LogP contribution in [0.25, 0.3) is 16.7 Å². The van der Waals surface area contributed by atoms with Crippen molar-refractivity contribution in [1.82, 2.24) is 34.9 Å². The molecule has 3 heterocycles. The molecular weight excluding hydrogens is 308 g/mol. The molecule has 4 rings (SSSR count). The summed E-state index contributed by atoms with van der Waals surface area (Å²) in [6, 6.07) is 9.53. The third kappa shape index (κ3) is 2.51. The average molecular weight is 322 g/mol. The highest BCUT2D eigenvalue weighted by atomic mass is 16.1. The van der Waals surface area contributed by atoms with Gasteiger partial charge in [-0.05, 0) is 19.1 Å². The molecule has 0 fully saturated rings. The van der Waals surface area contributed by atoms with Crippen LogP contribution in [-0.4, -0.2) is 34.9 Å². The van der Waals surface area contributed by atoms with Crippen LogP contribution < -0.4 is 10.9 Å². The van der Waals surface area contributed by atoms with Crippen molar-refractivity contribution in [1.29, 1.82) is 0 Å². The SMILES string of the molecule is Cc1nc(CNc2nc3c(cnn3-c3ccccc3)c(=O)[nH]2)n[nH]1. The molecule has 120 valence electrons. The summed E-state index contributed by atoms with van der Waals surface area (Å²) in [5.41, 5.74) is 1.07. The number of aromatic nitrogens is 7. The van der Waals surface area contributed by atoms with Crippen molar-refractivity contribution in [2.45, 2.75) is 13.5 Å². The van der Waals surface area contributed by atoms with Crippen molar-refractivity contribution < 1.29 is 0 Å². The van der Waals surface area contributed by atoms with Gasteiger partial charge in [-0.1, -0.05) is 18.2 Å². The van der Waals surface area contributed by atoms with Gasteiger partial charge in [0, 0.05) is 0 Å². The number of para-hydroxylation sites is 1. The monoisotopic (exact) mass is 322 g/mol. The van der Waals surface area contributed by atoms with Crippen LogP contribution in [0.1, 0.15) is 11.6 Å². The van der Waals surface area contributed by atoms with Crippen LogP contribution in [0.5, 0.6) is 0 Å². The Morgan fingerprint density at radius 3 is 2.79 bits per heavy atom. The maximum Gasteiger partial charge on any atom is 0.263 e. The number of hydrogen-bond donors (Lipinski definition) is 3. The van der Waals surface area contributed by atoms with E-state index in [9.17, 15) is 4.79 Å². The Bertz CT molecular complexity index is 1050. The Balaban J connectivity index is 1.71. The fourth-order valence-corrected chi connectivity index (χ4v) is 2.39. The molecule has 0 radical (unpaired) electrons. The van der Waals surface area contributed by atoms with Crippen molar-refractivity contribution in [3.05, 3.63) is 58.5 Å². The first-order valence-electron chi connectivity index (χ1n) is 7.36. The second kappa shape index (κ2) is 5.61. The standard InChI is InChI=1S/C15H14N8O/c1-9-18-12(22-21-9)8-16-15-19-13-11(14(24)20-15)7-17-23(13)10-5-3-2-4-6-10/h2-7H,8H2,1H3,(H,18,21,22)(H2,16,19,20,24). The van der Waals surface area contributed by atoms with E-state index in [4.69, 9.17) is 0 Å². The van der Waals surface area contributed by atoms with Gasteiger partial charge in [-0.25, -0.2) is 9.67 Å². The second-order valence-electron chi connectivity index (χ2n) is 5.23. The zero-order valence-electron chi connectivity index (χ0n) is 12.8. The number of aromatic amines is 2. The van der Waals surface area contributed by atoms with Gasteiger partial charge in [0.2, 0.25) is 5.95 Å². The number of benzene rings is 1. The number of hydrogen-bond acceptors (Lipinski definition) is 6. The molecule has 0 saturated heterocycles. The van der Waals surface area contributed by atoms with Gasteiger partial charge in [0.1, 0.15) is 11.2 Å². The second-order valence-corrected chi connectivity index (χ2v) is 5.23. The Morgan fingerprint density at radius 2 is 2.04 bits per heavy atom. The summed E-state index contributed by atoms with van der Waals surface area (Å²) in [7, 11) is 0. The zero-order valence-corrected chi connectivity index (χ0v) is 12.8. The Hall–Kier alpha value is -3.49. The first-order chi connectivity index (χ1) is 11.7. The molecular formula is C15H14N8O. The number of anilines is 1. The van der Waals surface area contributed by atoms with E-state index in [1.807, 2.05) is 37.3 Å². The van der Waals surface area contributed by atoms with E-state index in [1.54, 1.807) is 4.68 Å². The van der Waals surface area contributed by atoms with Gasteiger partial charge >= 0.3 is 0 Å². The molecule has 0 aliphatic carbocycles. The minimum atomic E-state index is -0.254. The zero-order chi connectivity index (χ0) is 16.5. The number of nitrogens with zero attached hydrogens (tertiary/aromatic N) is 5. The number of rotatable bonds is 4. The summed E-state index contributed by atoms with van der Waals surface area (Å²) in [4.78, 5) is 23.6. The Kier molecular flexibility index (Phi) is 3.30. The topological polar surface area (TPSA) is 117 Å². The molecule has 0 aliphatic rings. The fraction of sp³-hybridized carbons (Fsp3) is 0.133. The van der Waals surface area contributed by atoms with E-state index in [1.165, 1.54) is 6.20 Å². The first kappa shape index (κ1) is 14.1. The summed E-state index contributed by atoms with van der Waals surface area (Å²) in [6.07, 6.45) is 1.51. The number of nitrogens with one attached hydrogen (secondary N) is 3. The molecule has 1 aromatic carbocycles. The minimum absolute atomic E-state index is 0.254. The lowest BCUT2D eigenvalue weighted by molar-refractivity contribution is 0.890. The summed E-state index contributed by atoms with van der Waals surface area (Å²) in [5.74, 6) is 1.66. The highest BCUT2D eigenvalue weighted by Gasteiger charge is 2.11. The molecule has 4 aromatic rings. The maximum absolute atomic E-state index is 12.2. The molecule has 0 spiro atoms. The van der Waals surface area contributed by atoms with E-state index in [0.717, 1.165) is 11.5 Å². The fourth-order valence-electron chi connectivity index (χ4n) is 2.39. The lowest BCUT2D eigenvalue weighted by atomic mass is 10.3. The highest BCUT2D eigenvalue weighted by Crippen LogP contribution is 2.14. The van der Waals surface area contributed by atoms with E-state index in [0.29, 0.717) is 29.4 Å². The molecule has 0 unspecified atom stereocenters. The molecule has 0 atom stereocenters. The van der Waals surface area contributed by atoms with Crippen molar-refractivity contribution >= 4 is 17.0 Å². The van der Waals surface area contributed by atoms with Gasteiger partial charge in [-0.2, -0.15) is 15.2 Å². The van der Waals surface area contributed by atoms with Crippen molar-refractivity contribution in [2.75, 3.05) is 5.32 Å². The van der Waals surface area contributed by atoms with Crippen LogP contribution in [0.3, 0.4) is 0 Å². The maximum atomic E-state index is 12.2. The molecule has 3 aromatic heterocycles. The van der Waals surface area contributed by atoms with Crippen LogP contribution in [0.4, 0.5) is 5.95 Å². The van der Waals surface area contributed by atoms with Gasteiger partial charge < -0.3 is 5.32 Å². The van der Waals surface area contributed by atoms with Crippen LogP contribution in [-0.2, 0) is 6.54 Å². The van der Waals surface area contributed by atoms with Crippen LogP contribution in [0.15, 0.2) is 41.3 Å². The quantitative estimate of drug-likeness (QED) is 0.519.